The number of amides is 2. The molecule has 1 atom stereocenters. The number of hydrogen-bond donors (Lipinski definition) is 1. The maximum Gasteiger partial charge on any atom is 0.224 e. The number of carbonyl (C=O) groups excluding carboxylic acids is 2. The summed E-state index contributed by atoms with van der Waals surface area (Å²) in [6.07, 6.45) is 5.38. The van der Waals surface area contributed by atoms with Crippen molar-refractivity contribution in [1.82, 2.24) is 20.0 Å². The lowest BCUT2D eigenvalue weighted by molar-refractivity contribution is -0.138. The van der Waals surface area contributed by atoms with Gasteiger partial charge < -0.3 is 10.2 Å². The van der Waals surface area contributed by atoms with E-state index in [1.165, 1.54) is 0 Å². The molecule has 0 radical (unpaired) electrons. The van der Waals surface area contributed by atoms with Gasteiger partial charge in [-0.25, -0.2) is 0 Å². The highest BCUT2D eigenvalue weighted by Gasteiger charge is 2.29. The molecule has 1 saturated heterocycles. The summed E-state index contributed by atoms with van der Waals surface area (Å²) >= 11 is 5.90. The van der Waals surface area contributed by atoms with Crippen molar-refractivity contribution in [2.24, 2.45) is 5.92 Å². The Labute approximate surface area is 158 Å². The molecule has 0 spiro atoms. The molecule has 2 heterocycles. The van der Waals surface area contributed by atoms with Crippen molar-refractivity contribution in [3.05, 3.63) is 53.3 Å². The van der Waals surface area contributed by atoms with Crippen LogP contribution in [0.1, 0.15) is 18.4 Å². The van der Waals surface area contributed by atoms with Gasteiger partial charge in [0.2, 0.25) is 11.8 Å². The Hall–Kier alpha value is -2.34. The zero-order chi connectivity index (χ0) is 18.4. The van der Waals surface area contributed by atoms with Crippen LogP contribution in [0.3, 0.4) is 0 Å². The fourth-order valence-electron chi connectivity index (χ4n) is 3.13. The van der Waals surface area contributed by atoms with Crippen LogP contribution in [-0.2, 0) is 22.6 Å². The summed E-state index contributed by atoms with van der Waals surface area (Å²) < 4.78 is 1.78. The Kier molecular flexibility index (Phi) is 6.28. The highest BCUT2D eigenvalue weighted by Crippen LogP contribution is 2.19. The summed E-state index contributed by atoms with van der Waals surface area (Å²) in [5.41, 5.74) is 1.13. The van der Waals surface area contributed by atoms with E-state index in [0.29, 0.717) is 44.0 Å². The van der Waals surface area contributed by atoms with E-state index in [0.717, 1.165) is 12.0 Å². The summed E-state index contributed by atoms with van der Waals surface area (Å²) in [6.45, 7) is 2.29. The lowest BCUT2D eigenvalue weighted by atomic mass is 9.96. The summed E-state index contributed by atoms with van der Waals surface area (Å²) in [7, 11) is 0. The van der Waals surface area contributed by atoms with Gasteiger partial charge in [-0.05, 0) is 36.6 Å². The fraction of sp³-hybridized carbons (Fsp3) is 0.421. The number of aromatic nitrogens is 2. The lowest BCUT2D eigenvalue weighted by Crippen LogP contribution is -2.46. The number of halogens is 1. The maximum atomic E-state index is 12.4. The summed E-state index contributed by atoms with van der Waals surface area (Å²) in [4.78, 5) is 26.4. The second kappa shape index (κ2) is 8.85. The maximum absolute atomic E-state index is 12.4. The molecule has 1 aromatic heterocycles. The van der Waals surface area contributed by atoms with Crippen molar-refractivity contribution >= 4 is 23.4 Å². The van der Waals surface area contributed by atoms with Gasteiger partial charge in [0.1, 0.15) is 0 Å². The van der Waals surface area contributed by atoms with Gasteiger partial charge in [0.25, 0.3) is 0 Å². The van der Waals surface area contributed by atoms with Gasteiger partial charge in [-0.3, -0.25) is 14.3 Å². The Balaban J connectivity index is 1.46. The van der Waals surface area contributed by atoms with Crippen molar-refractivity contribution in [3.8, 4) is 0 Å². The number of likely N-dealkylation sites (tertiary alicyclic amines) is 1. The van der Waals surface area contributed by atoms with Crippen molar-refractivity contribution in [3.63, 3.8) is 0 Å². The topological polar surface area (TPSA) is 67.2 Å². The Morgan fingerprint density at radius 3 is 2.81 bits per heavy atom. The SMILES string of the molecule is O=C(NCCn1cccn1)[C@@H]1CCC(=O)N(CCc2ccc(Cl)cc2)C1. The van der Waals surface area contributed by atoms with E-state index in [-0.39, 0.29) is 17.7 Å². The molecule has 3 rings (SSSR count). The number of piperidine rings is 1. The predicted molar refractivity (Wildman–Crippen MR) is 99.7 cm³/mol. The number of benzene rings is 1. The van der Waals surface area contributed by atoms with Gasteiger partial charge in [0, 0.05) is 43.5 Å². The standard InChI is InChI=1S/C19H23ClN4O2/c20-17-5-2-15(3-6-17)8-12-23-14-16(4-7-18(23)25)19(26)21-10-13-24-11-1-9-22-24/h1-3,5-6,9,11,16H,4,7-8,10,12-14H2,(H,21,26)/t16-/m1/s1. The van der Waals surface area contributed by atoms with E-state index < -0.39 is 0 Å². The zero-order valence-corrected chi connectivity index (χ0v) is 15.4. The van der Waals surface area contributed by atoms with Crippen LogP contribution in [0.15, 0.2) is 42.7 Å². The van der Waals surface area contributed by atoms with Crippen molar-refractivity contribution in [2.75, 3.05) is 19.6 Å². The van der Waals surface area contributed by atoms with E-state index in [1.54, 1.807) is 15.8 Å². The Bertz CT molecular complexity index is 731. The number of hydrogen-bond acceptors (Lipinski definition) is 3. The lowest BCUT2D eigenvalue weighted by Gasteiger charge is -2.32. The normalized spacial score (nSPS) is 17.3. The number of nitrogens with one attached hydrogen (secondary N) is 1. The summed E-state index contributed by atoms with van der Waals surface area (Å²) in [5.74, 6) is -0.00348. The predicted octanol–water partition coefficient (Wildman–Crippen LogP) is 2.13. The van der Waals surface area contributed by atoms with Crippen LogP contribution in [0, 0.1) is 5.92 Å². The first-order valence-electron chi connectivity index (χ1n) is 8.89. The summed E-state index contributed by atoms with van der Waals surface area (Å²) in [6, 6.07) is 9.50. The van der Waals surface area contributed by atoms with Crippen LogP contribution in [-0.4, -0.2) is 46.1 Å². The smallest absolute Gasteiger partial charge is 0.224 e. The van der Waals surface area contributed by atoms with Crippen LogP contribution >= 0.6 is 11.6 Å². The minimum absolute atomic E-state index is 0.0150. The average molecular weight is 375 g/mol. The molecule has 6 nitrogen and oxygen atoms in total. The van der Waals surface area contributed by atoms with E-state index in [9.17, 15) is 9.59 Å². The molecule has 2 amide bonds. The third-order valence-electron chi connectivity index (χ3n) is 4.65. The van der Waals surface area contributed by atoms with Gasteiger partial charge >= 0.3 is 0 Å². The van der Waals surface area contributed by atoms with Crippen molar-refractivity contribution in [2.45, 2.75) is 25.8 Å². The number of rotatable bonds is 7. The highest BCUT2D eigenvalue weighted by atomic mass is 35.5. The quantitative estimate of drug-likeness (QED) is 0.807. The van der Waals surface area contributed by atoms with E-state index in [1.807, 2.05) is 36.5 Å². The molecule has 0 saturated carbocycles. The monoisotopic (exact) mass is 374 g/mol. The van der Waals surface area contributed by atoms with Gasteiger partial charge in [-0.15, -0.1) is 0 Å². The van der Waals surface area contributed by atoms with Crippen molar-refractivity contribution < 1.29 is 9.59 Å². The third kappa shape index (κ3) is 5.08. The van der Waals surface area contributed by atoms with Gasteiger partial charge in [-0.2, -0.15) is 5.10 Å². The second-order valence-corrected chi connectivity index (χ2v) is 6.95. The molecule has 138 valence electrons. The minimum Gasteiger partial charge on any atom is -0.354 e. The molecular weight excluding hydrogens is 352 g/mol. The average Bonchev–Trinajstić information content (AvgIpc) is 3.16. The number of nitrogens with zero attached hydrogens (tertiary/aromatic N) is 3. The van der Waals surface area contributed by atoms with E-state index in [2.05, 4.69) is 10.4 Å². The number of carbonyl (C=O) groups is 2. The van der Waals surface area contributed by atoms with Crippen molar-refractivity contribution in [1.29, 1.82) is 0 Å². The van der Waals surface area contributed by atoms with Crippen LogP contribution in [0.4, 0.5) is 0 Å². The zero-order valence-electron chi connectivity index (χ0n) is 14.6. The molecule has 0 unspecified atom stereocenters. The first kappa shape index (κ1) is 18.5. The summed E-state index contributed by atoms with van der Waals surface area (Å²) in [5, 5.41) is 7.77. The Morgan fingerprint density at radius 1 is 1.27 bits per heavy atom. The molecule has 1 aliphatic heterocycles. The molecule has 0 aliphatic carbocycles. The second-order valence-electron chi connectivity index (χ2n) is 6.51. The molecule has 7 heteroatoms. The molecule has 1 aromatic carbocycles. The van der Waals surface area contributed by atoms with Crippen LogP contribution < -0.4 is 5.32 Å². The molecule has 2 aromatic rings. The van der Waals surface area contributed by atoms with Crippen LogP contribution in [0.5, 0.6) is 0 Å². The third-order valence-corrected chi connectivity index (χ3v) is 4.91. The van der Waals surface area contributed by atoms with Crippen LogP contribution in [0.2, 0.25) is 5.02 Å². The molecule has 26 heavy (non-hydrogen) atoms. The first-order valence-corrected chi connectivity index (χ1v) is 9.27. The first-order chi connectivity index (χ1) is 12.6. The molecule has 1 aliphatic rings. The van der Waals surface area contributed by atoms with Crippen LogP contribution in [0.25, 0.3) is 0 Å². The van der Waals surface area contributed by atoms with Gasteiger partial charge in [0.05, 0.1) is 12.5 Å². The minimum atomic E-state index is -0.143. The molecule has 1 N–H and O–H groups in total. The molecule has 0 bridgehead atoms. The molecule has 1 fully saturated rings. The molecular formula is C19H23ClN4O2. The van der Waals surface area contributed by atoms with E-state index in [4.69, 9.17) is 11.6 Å². The Morgan fingerprint density at radius 2 is 2.08 bits per heavy atom. The fourth-order valence-corrected chi connectivity index (χ4v) is 3.26. The van der Waals surface area contributed by atoms with E-state index >= 15 is 0 Å². The van der Waals surface area contributed by atoms with Gasteiger partial charge in [0.15, 0.2) is 0 Å². The van der Waals surface area contributed by atoms with Gasteiger partial charge in [-0.1, -0.05) is 23.7 Å². The highest BCUT2D eigenvalue weighted by molar-refractivity contribution is 6.30. The largest absolute Gasteiger partial charge is 0.354 e.